The van der Waals surface area contributed by atoms with Gasteiger partial charge in [-0.25, -0.2) is 0 Å². The summed E-state index contributed by atoms with van der Waals surface area (Å²) in [5.41, 5.74) is 3.15. The second-order valence-corrected chi connectivity index (χ2v) is 8.44. The van der Waals surface area contributed by atoms with Crippen LogP contribution < -0.4 is 10.6 Å². The summed E-state index contributed by atoms with van der Waals surface area (Å²) >= 11 is 0. The number of hydrogen-bond acceptors (Lipinski definition) is 1. The van der Waals surface area contributed by atoms with Crippen molar-refractivity contribution in [3.8, 4) is 0 Å². The molecule has 0 aliphatic rings. The zero-order valence-corrected chi connectivity index (χ0v) is 14.7. The summed E-state index contributed by atoms with van der Waals surface area (Å²) in [5.74, 6) is 0. The van der Waals surface area contributed by atoms with Gasteiger partial charge in [0, 0.05) is 15.9 Å². The molecule has 0 amide bonds. The minimum atomic E-state index is -2.90. The summed E-state index contributed by atoms with van der Waals surface area (Å²) in [6.07, 6.45) is 1.76. The van der Waals surface area contributed by atoms with E-state index in [-0.39, 0.29) is 0 Å². The zero-order valence-electron chi connectivity index (χ0n) is 13.8. The fraction of sp³-hybridized carbons (Fsp3) is 0.200. The van der Waals surface area contributed by atoms with Gasteiger partial charge in [0.2, 0.25) is 0 Å². The minimum absolute atomic E-state index is 0.844. The summed E-state index contributed by atoms with van der Waals surface area (Å²) in [4.78, 5) is 0. The Morgan fingerprint density at radius 2 is 1.32 bits per heavy atom. The maximum absolute atomic E-state index is 14.3. The van der Waals surface area contributed by atoms with Gasteiger partial charge in [0.1, 0.15) is 0 Å². The molecule has 0 aromatic heterocycles. The van der Waals surface area contributed by atoms with Crippen LogP contribution >= 0.6 is 7.14 Å². The Morgan fingerprint density at radius 1 is 0.909 bits per heavy atom. The maximum Gasteiger partial charge on any atom is 0.171 e. The van der Waals surface area contributed by atoms with Crippen LogP contribution in [0.25, 0.3) is 0 Å². The fourth-order valence-electron chi connectivity index (χ4n) is 2.87. The molecule has 0 spiro atoms. The number of aryl methyl sites for hydroxylation is 2. The number of benzene rings is 2. The van der Waals surface area contributed by atoms with Crippen LogP contribution in [0.1, 0.15) is 25.0 Å². The second-order valence-electron chi connectivity index (χ2n) is 5.77. The lowest BCUT2D eigenvalue weighted by Crippen LogP contribution is -2.21. The van der Waals surface area contributed by atoms with Gasteiger partial charge in [-0.3, -0.25) is 0 Å². The lowest BCUT2D eigenvalue weighted by atomic mass is 10.2. The molecule has 2 heteroatoms. The third-order valence-corrected chi connectivity index (χ3v) is 7.62. The normalized spacial score (nSPS) is 11.1. The van der Waals surface area contributed by atoms with Crippen LogP contribution in [-0.2, 0) is 4.57 Å². The standard InChI is InChI=1S/C20H23OP/c1-6-18(15(2)3)22(21,19-13-9-7-11-16(19)4)20-14-10-8-12-17(20)5/h6-14H,1H2,2-5H3. The monoisotopic (exact) mass is 310 g/mol. The van der Waals surface area contributed by atoms with E-state index in [0.717, 1.165) is 32.6 Å². The molecule has 0 radical (unpaired) electrons. The molecule has 0 saturated carbocycles. The maximum atomic E-state index is 14.3. The van der Waals surface area contributed by atoms with Gasteiger partial charge >= 0.3 is 0 Å². The molecule has 2 aromatic rings. The van der Waals surface area contributed by atoms with Gasteiger partial charge in [-0.05, 0) is 38.8 Å². The first-order valence-electron chi connectivity index (χ1n) is 7.46. The predicted molar refractivity (Wildman–Crippen MR) is 97.8 cm³/mol. The van der Waals surface area contributed by atoms with E-state index in [1.54, 1.807) is 6.08 Å². The summed E-state index contributed by atoms with van der Waals surface area (Å²) in [6.45, 7) is 12.0. The number of rotatable bonds is 4. The van der Waals surface area contributed by atoms with Gasteiger partial charge in [0.25, 0.3) is 0 Å². The summed E-state index contributed by atoms with van der Waals surface area (Å²) in [5, 5.41) is 2.65. The average molecular weight is 310 g/mol. The predicted octanol–water partition coefficient (Wildman–Crippen LogP) is 5.10. The van der Waals surface area contributed by atoms with Crippen molar-refractivity contribution in [1.29, 1.82) is 0 Å². The van der Waals surface area contributed by atoms with E-state index in [0.29, 0.717) is 0 Å². The molecular weight excluding hydrogens is 287 g/mol. The highest BCUT2D eigenvalue weighted by Crippen LogP contribution is 2.54. The van der Waals surface area contributed by atoms with Crippen molar-refractivity contribution >= 4 is 17.8 Å². The van der Waals surface area contributed by atoms with Crippen LogP contribution in [0.5, 0.6) is 0 Å². The molecule has 2 aromatic carbocycles. The Hall–Kier alpha value is -1.85. The lowest BCUT2D eigenvalue weighted by molar-refractivity contribution is 0.590. The highest BCUT2D eigenvalue weighted by atomic mass is 31.2. The van der Waals surface area contributed by atoms with Crippen molar-refractivity contribution in [3.63, 3.8) is 0 Å². The molecular formula is C20H23OP. The Kier molecular flexibility index (Phi) is 4.88. The molecule has 0 fully saturated rings. The molecule has 0 bridgehead atoms. The van der Waals surface area contributed by atoms with E-state index in [1.165, 1.54) is 0 Å². The second kappa shape index (κ2) is 6.50. The van der Waals surface area contributed by atoms with Crippen molar-refractivity contribution in [2.24, 2.45) is 0 Å². The van der Waals surface area contributed by atoms with E-state index < -0.39 is 7.14 Å². The topological polar surface area (TPSA) is 17.1 Å². The van der Waals surface area contributed by atoms with Crippen LogP contribution in [0.2, 0.25) is 0 Å². The summed E-state index contributed by atoms with van der Waals surface area (Å²) < 4.78 is 14.3. The molecule has 0 heterocycles. The molecule has 1 nitrogen and oxygen atoms in total. The zero-order chi connectivity index (χ0) is 16.3. The van der Waals surface area contributed by atoms with E-state index in [4.69, 9.17) is 0 Å². The van der Waals surface area contributed by atoms with Gasteiger partial charge in [-0.2, -0.15) is 0 Å². The van der Waals surface area contributed by atoms with Gasteiger partial charge in [0.05, 0.1) is 0 Å². The first-order valence-corrected chi connectivity index (χ1v) is 9.16. The fourth-order valence-corrected chi connectivity index (χ4v) is 6.27. The average Bonchev–Trinajstić information content (AvgIpc) is 2.48. The first kappa shape index (κ1) is 16.5. The van der Waals surface area contributed by atoms with Crippen molar-refractivity contribution in [2.75, 3.05) is 0 Å². The first-order chi connectivity index (χ1) is 10.4. The van der Waals surface area contributed by atoms with Crippen molar-refractivity contribution in [1.82, 2.24) is 0 Å². The Labute approximate surface area is 133 Å². The van der Waals surface area contributed by atoms with Gasteiger partial charge in [-0.1, -0.05) is 66.8 Å². The van der Waals surface area contributed by atoms with E-state index >= 15 is 0 Å². The molecule has 0 aliphatic heterocycles. The van der Waals surface area contributed by atoms with E-state index in [1.807, 2.05) is 76.2 Å². The molecule has 0 saturated heterocycles. The Morgan fingerprint density at radius 3 is 1.64 bits per heavy atom. The molecule has 2 rings (SSSR count). The summed E-state index contributed by atoms with van der Waals surface area (Å²) in [6, 6.07) is 15.9. The van der Waals surface area contributed by atoms with Gasteiger partial charge in [0.15, 0.2) is 7.14 Å². The third kappa shape index (κ3) is 2.74. The van der Waals surface area contributed by atoms with Crippen LogP contribution in [0.3, 0.4) is 0 Å². The minimum Gasteiger partial charge on any atom is -0.309 e. The van der Waals surface area contributed by atoms with Crippen LogP contribution in [0, 0.1) is 13.8 Å². The smallest absolute Gasteiger partial charge is 0.171 e. The summed E-state index contributed by atoms with van der Waals surface area (Å²) in [7, 11) is -2.90. The Balaban J connectivity index is 2.92. The van der Waals surface area contributed by atoms with Crippen molar-refractivity contribution < 1.29 is 4.57 Å². The molecule has 0 unspecified atom stereocenters. The molecule has 0 atom stereocenters. The lowest BCUT2D eigenvalue weighted by Gasteiger charge is -2.25. The molecule has 0 N–H and O–H groups in total. The number of allylic oxidation sites excluding steroid dienone is 3. The Bertz CT molecular complexity index is 730. The van der Waals surface area contributed by atoms with Crippen LogP contribution in [0.4, 0.5) is 0 Å². The van der Waals surface area contributed by atoms with Crippen LogP contribution in [0.15, 0.2) is 72.1 Å². The van der Waals surface area contributed by atoms with Crippen molar-refractivity contribution in [3.05, 3.63) is 83.2 Å². The quantitative estimate of drug-likeness (QED) is 0.567. The molecule has 0 aliphatic carbocycles. The number of hydrogen-bond donors (Lipinski definition) is 0. The third-order valence-electron chi connectivity index (χ3n) is 3.95. The van der Waals surface area contributed by atoms with Crippen LogP contribution in [-0.4, -0.2) is 0 Å². The molecule has 22 heavy (non-hydrogen) atoms. The van der Waals surface area contributed by atoms with E-state index in [9.17, 15) is 4.57 Å². The van der Waals surface area contributed by atoms with Gasteiger partial charge < -0.3 is 4.57 Å². The highest BCUT2D eigenvalue weighted by Gasteiger charge is 2.33. The SMILES string of the molecule is C=CC(=C(C)C)P(=O)(c1ccccc1C)c1ccccc1C. The van der Waals surface area contributed by atoms with E-state index in [2.05, 4.69) is 6.58 Å². The molecule has 114 valence electrons. The van der Waals surface area contributed by atoms with Gasteiger partial charge in [-0.15, -0.1) is 0 Å². The van der Waals surface area contributed by atoms with Crippen molar-refractivity contribution in [2.45, 2.75) is 27.7 Å². The largest absolute Gasteiger partial charge is 0.309 e. The highest BCUT2D eigenvalue weighted by molar-refractivity contribution is 7.82.